The molecule has 4 nitrogen and oxygen atoms in total. The largest absolute Gasteiger partial charge is 0.309 e. The van der Waals surface area contributed by atoms with Crippen LogP contribution in [0, 0.1) is 6.92 Å². The molecule has 0 amide bonds. The summed E-state index contributed by atoms with van der Waals surface area (Å²) in [5, 5.41) is 4.97. The average Bonchev–Trinajstić information content (AvgIpc) is 3.79. The highest BCUT2D eigenvalue weighted by atomic mass is 15.0. The van der Waals surface area contributed by atoms with Crippen LogP contribution in [0.1, 0.15) is 5.56 Å². The zero-order valence-electron chi connectivity index (χ0n) is 31.3. The molecule has 57 heavy (non-hydrogen) atoms. The first-order valence-corrected chi connectivity index (χ1v) is 19.4. The van der Waals surface area contributed by atoms with Gasteiger partial charge in [-0.15, -0.1) is 0 Å². The van der Waals surface area contributed by atoms with Gasteiger partial charge < -0.3 is 9.13 Å². The van der Waals surface area contributed by atoms with Crippen molar-refractivity contribution in [3.63, 3.8) is 0 Å². The molecule has 268 valence electrons. The van der Waals surface area contributed by atoms with Crippen LogP contribution in [0.5, 0.6) is 0 Å². The van der Waals surface area contributed by atoms with E-state index < -0.39 is 0 Å². The summed E-state index contributed by atoms with van der Waals surface area (Å²) in [6.45, 7) is 2.14. The van der Waals surface area contributed by atoms with Gasteiger partial charge in [0.1, 0.15) is 0 Å². The van der Waals surface area contributed by atoms with Crippen molar-refractivity contribution in [2.45, 2.75) is 6.92 Å². The third kappa shape index (κ3) is 5.61. The molecule has 0 aliphatic carbocycles. The van der Waals surface area contributed by atoms with Crippen LogP contribution in [-0.4, -0.2) is 19.1 Å². The number of rotatable bonds is 6. The first kappa shape index (κ1) is 32.8. The number of aryl methyl sites for hydroxylation is 1. The van der Waals surface area contributed by atoms with Gasteiger partial charge in [0.25, 0.3) is 0 Å². The normalized spacial score (nSPS) is 11.6. The summed E-state index contributed by atoms with van der Waals surface area (Å²) in [6, 6.07) is 71.5. The molecule has 3 aromatic heterocycles. The van der Waals surface area contributed by atoms with Gasteiger partial charge in [-0.2, -0.15) is 0 Å². The maximum absolute atomic E-state index is 5.07. The van der Waals surface area contributed by atoms with E-state index in [9.17, 15) is 0 Å². The molecule has 0 aliphatic heterocycles. The van der Waals surface area contributed by atoms with Gasteiger partial charge in [0, 0.05) is 49.6 Å². The van der Waals surface area contributed by atoms with Gasteiger partial charge >= 0.3 is 0 Å². The van der Waals surface area contributed by atoms with Gasteiger partial charge in [0.05, 0.1) is 33.5 Å². The standard InChI is InChI=1S/C53H36N4/c1-35-20-26-41(27-21-35)57-49-18-10-8-16-43(49)45-30-24-40(33-52(45)57)39-25-31-51-46(32-39)44-17-9-11-19-50(44)56(51)42-28-22-37(23-29-42)48-34-47(36-12-4-2-5-13-36)54-53(55-48)38-14-6-3-7-15-38/h2-34H,1H3. The summed E-state index contributed by atoms with van der Waals surface area (Å²) in [4.78, 5) is 10.1. The molecule has 0 aliphatic rings. The molecule has 0 atom stereocenters. The minimum absolute atomic E-state index is 0.713. The Kier molecular flexibility index (Phi) is 7.68. The number of benzene rings is 8. The van der Waals surface area contributed by atoms with E-state index >= 15 is 0 Å². The second-order valence-electron chi connectivity index (χ2n) is 14.7. The lowest BCUT2D eigenvalue weighted by Crippen LogP contribution is -1.97. The predicted octanol–water partition coefficient (Wildman–Crippen LogP) is 13.6. The van der Waals surface area contributed by atoms with E-state index in [-0.39, 0.29) is 0 Å². The van der Waals surface area contributed by atoms with Crippen LogP contribution in [0.2, 0.25) is 0 Å². The third-order valence-corrected chi connectivity index (χ3v) is 11.2. The van der Waals surface area contributed by atoms with Gasteiger partial charge in [-0.3, -0.25) is 0 Å². The van der Waals surface area contributed by atoms with E-state index in [1.54, 1.807) is 0 Å². The second-order valence-corrected chi connectivity index (χ2v) is 14.7. The first-order valence-electron chi connectivity index (χ1n) is 19.4. The van der Waals surface area contributed by atoms with Crippen LogP contribution in [0.4, 0.5) is 0 Å². The highest BCUT2D eigenvalue weighted by Gasteiger charge is 2.17. The number of aromatic nitrogens is 4. The van der Waals surface area contributed by atoms with Crippen molar-refractivity contribution < 1.29 is 0 Å². The number of hydrogen-bond donors (Lipinski definition) is 0. The fourth-order valence-corrected chi connectivity index (χ4v) is 8.40. The molecule has 0 unspecified atom stereocenters. The molecule has 4 heteroatoms. The maximum Gasteiger partial charge on any atom is 0.160 e. The van der Waals surface area contributed by atoms with Crippen LogP contribution in [-0.2, 0) is 0 Å². The van der Waals surface area contributed by atoms with Gasteiger partial charge in [-0.05, 0) is 78.7 Å². The number of hydrogen-bond acceptors (Lipinski definition) is 2. The predicted molar refractivity (Wildman–Crippen MR) is 237 cm³/mol. The lowest BCUT2D eigenvalue weighted by Gasteiger charge is -2.12. The van der Waals surface area contributed by atoms with Crippen LogP contribution >= 0.6 is 0 Å². The lowest BCUT2D eigenvalue weighted by atomic mass is 10.0. The first-order chi connectivity index (χ1) is 28.2. The van der Waals surface area contributed by atoms with Crippen molar-refractivity contribution in [2.75, 3.05) is 0 Å². The topological polar surface area (TPSA) is 35.6 Å². The summed E-state index contributed by atoms with van der Waals surface area (Å²) >= 11 is 0. The Morgan fingerprint density at radius 2 is 0.772 bits per heavy atom. The van der Waals surface area contributed by atoms with Crippen molar-refractivity contribution in [3.05, 3.63) is 206 Å². The van der Waals surface area contributed by atoms with Crippen molar-refractivity contribution in [2.24, 2.45) is 0 Å². The molecule has 0 spiro atoms. The molecule has 0 saturated heterocycles. The molecule has 0 fully saturated rings. The minimum atomic E-state index is 0.713. The smallest absolute Gasteiger partial charge is 0.160 e. The Morgan fingerprint density at radius 3 is 1.44 bits per heavy atom. The molecule has 3 heterocycles. The maximum atomic E-state index is 5.07. The van der Waals surface area contributed by atoms with E-state index in [0.717, 1.165) is 33.8 Å². The highest BCUT2D eigenvalue weighted by molar-refractivity contribution is 6.12. The van der Waals surface area contributed by atoms with Crippen LogP contribution in [0.25, 0.3) is 100 Å². The fourth-order valence-electron chi connectivity index (χ4n) is 8.40. The highest BCUT2D eigenvalue weighted by Crippen LogP contribution is 2.38. The van der Waals surface area contributed by atoms with Crippen LogP contribution in [0.3, 0.4) is 0 Å². The monoisotopic (exact) mass is 728 g/mol. The lowest BCUT2D eigenvalue weighted by molar-refractivity contribution is 1.17. The number of para-hydroxylation sites is 2. The SMILES string of the molecule is Cc1ccc(-n2c3ccccc3c3ccc(-c4ccc5c(c4)c4ccccc4n5-c4ccc(-c5cc(-c6ccccc6)nc(-c6ccccc6)n5)cc4)cc32)cc1. The van der Waals surface area contributed by atoms with Crippen LogP contribution < -0.4 is 0 Å². The quantitative estimate of drug-likeness (QED) is 0.171. The Morgan fingerprint density at radius 1 is 0.316 bits per heavy atom. The Balaban J connectivity index is 1.01. The summed E-state index contributed by atoms with van der Waals surface area (Å²) in [5.74, 6) is 0.713. The molecule has 11 rings (SSSR count). The Labute approximate surface area is 330 Å². The van der Waals surface area contributed by atoms with Crippen molar-refractivity contribution in [1.82, 2.24) is 19.1 Å². The molecule has 0 radical (unpaired) electrons. The molecule has 8 aromatic carbocycles. The van der Waals surface area contributed by atoms with E-state index in [1.807, 2.05) is 36.4 Å². The Bertz CT molecular complexity index is 3210. The van der Waals surface area contributed by atoms with E-state index in [4.69, 9.17) is 9.97 Å². The van der Waals surface area contributed by atoms with E-state index in [0.29, 0.717) is 5.82 Å². The Hall–Kier alpha value is -7.56. The fraction of sp³-hybridized carbons (Fsp3) is 0.0189. The molecule has 0 N–H and O–H groups in total. The minimum Gasteiger partial charge on any atom is -0.309 e. The second kappa shape index (κ2) is 13.3. The van der Waals surface area contributed by atoms with E-state index in [1.165, 1.54) is 66.0 Å². The molecule has 0 bridgehead atoms. The zero-order valence-corrected chi connectivity index (χ0v) is 31.3. The summed E-state index contributed by atoms with van der Waals surface area (Å²) in [7, 11) is 0. The van der Waals surface area contributed by atoms with E-state index in [2.05, 4.69) is 180 Å². The molecular weight excluding hydrogens is 693 g/mol. The summed E-state index contributed by atoms with van der Waals surface area (Å²) < 4.78 is 4.77. The number of nitrogens with zero attached hydrogens (tertiary/aromatic N) is 4. The average molecular weight is 729 g/mol. The molecule has 11 aromatic rings. The van der Waals surface area contributed by atoms with Gasteiger partial charge in [-0.1, -0.05) is 145 Å². The molecule has 0 saturated carbocycles. The van der Waals surface area contributed by atoms with Gasteiger partial charge in [-0.25, -0.2) is 9.97 Å². The van der Waals surface area contributed by atoms with Gasteiger partial charge in [0.15, 0.2) is 5.82 Å². The van der Waals surface area contributed by atoms with Crippen LogP contribution in [0.15, 0.2) is 200 Å². The third-order valence-electron chi connectivity index (χ3n) is 11.2. The summed E-state index contributed by atoms with van der Waals surface area (Å²) in [5.41, 5.74) is 15.5. The molecular formula is C53H36N4. The van der Waals surface area contributed by atoms with Gasteiger partial charge in [0.2, 0.25) is 0 Å². The van der Waals surface area contributed by atoms with Crippen molar-refractivity contribution in [3.8, 4) is 56.4 Å². The van der Waals surface area contributed by atoms with Crippen molar-refractivity contribution >= 4 is 43.6 Å². The van der Waals surface area contributed by atoms with Crippen molar-refractivity contribution in [1.29, 1.82) is 0 Å². The number of fused-ring (bicyclic) bond motifs is 6. The summed E-state index contributed by atoms with van der Waals surface area (Å²) in [6.07, 6.45) is 0. The zero-order chi connectivity index (χ0) is 37.9.